The van der Waals surface area contributed by atoms with Gasteiger partial charge in [0.05, 0.1) is 0 Å². The van der Waals surface area contributed by atoms with Crippen molar-refractivity contribution in [2.45, 2.75) is 39.5 Å². The molecule has 0 bridgehead atoms. The van der Waals surface area contributed by atoms with Gasteiger partial charge in [-0.2, -0.15) is 0 Å². The van der Waals surface area contributed by atoms with Crippen molar-refractivity contribution in [2.75, 3.05) is 0 Å². The molecule has 41 heavy (non-hydrogen) atoms. The van der Waals surface area contributed by atoms with Crippen molar-refractivity contribution in [1.29, 1.82) is 0 Å². The molecular formula is C36H30Cl2P2Zr. The van der Waals surface area contributed by atoms with Gasteiger partial charge in [-0.05, 0) is 106 Å². The van der Waals surface area contributed by atoms with Gasteiger partial charge in [0.15, 0.2) is 0 Å². The maximum atomic E-state index is 2.39. The maximum Gasteiger partial charge on any atom is 2.00 e. The van der Waals surface area contributed by atoms with Crippen molar-refractivity contribution in [1.82, 2.24) is 0 Å². The molecule has 2 aromatic rings. The molecule has 5 heteroatoms. The zero-order valence-electron chi connectivity index (χ0n) is 23.5. The van der Waals surface area contributed by atoms with Crippen LogP contribution in [0.3, 0.4) is 0 Å². The van der Waals surface area contributed by atoms with Gasteiger partial charge in [0.2, 0.25) is 0 Å². The Bertz CT molecular complexity index is 1630. The Morgan fingerprint density at radius 2 is 0.927 bits per heavy atom. The summed E-state index contributed by atoms with van der Waals surface area (Å²) in [7, 11) is 2.79. The second kappa shape index (κ2) is 12.8. The van der Waals surface area contributed by atoms with Crippen LogP contribution in [0.1, 0.15) is 61.8 Å². The summed E-state index contributed by atoms with van der Waals surface area (Å²) < 4.78 is 0. The summed E-state index contributed by atoms with van der Waals surface area (Å²) >= 11 is 0. The van der Waals surface area contributed by atoms with Gasteiger partial charge >= 0.3 is 26.2 Å². The first-order chi connectivity index (χ1) is 18.5. The number of rotatable bonds is 2. The summed E-state index contributed by atoms with van der Waals surface area (Å²) in [5.74, 6) is 0.881. The van der Waals surface area contributed by atoms with E-state index in [2.05, 4.69) is 125 Å². The molecule has 0 radical (unpaired) electrons. The minimum Gasteiger partial charge on any atom is -1.00 e. The molecule has 2 aromatic carbocycles. The van der Waals surface area contributed by atoms with E-state index in [-0.39, 0.29) is 51.0 Å². The van der Waals surface area contributed by atoms with Crippen molar-refractivity contribution < 1.29 is 51.0 Å². The Labute approximate surface area is 279 Å². The fourth-order valence-corrected chi connectivity index (χ4v) is 8.65. The van der Waals surface area contributed by atoms with Gasteiger partial charge in [-0.15, -0.1) is 0 Å². The molecule has 202 valence electrons. The fourth-order valence-electron chi connectivity index (χ4n) is 6.45. The second-order valence-electron chi connectivity index (χ2n) is 10.8. The Morgan fingerprint density at radius 1 is 0.537 bits per heavy atom. The second-order valence-corrected chi connectivity index (χ2v) is 13.6. The Kier molecular flexibility index (Phi) is 10.0. The van der Waals surface area contributed by atoms with Crippen molar-refractivity contribution in [3.8, 4) is 0 Å². The van der Waals surface area contributed by atoms with Crippen molar-refractivity contribution in [2.24, 2.45) is 0 Å². The molecule has 0 aromatic heterocycles. The van der Waals surface area contributed by atoms with Gasteiger partial charge in [-0.1, -0.05) is 101 Å². The van der Waals surface area contributed by atoms with E-state index >= 15 is 0 Å². The molecule has 0 saturated heterocycles. The third-order valence-corrected chi connectivity index (χ3v) is 10.8. The quantitative estimate of drug-likeness (QED) is 0.417. The molecule has 4 aliphatic carbocycles. The molecule has 0 N–H and O–H groups in total. The smallest absolute Gasteiger partial charge is 1.00 e. The first kappa shape index (κ1) is 32.1. The summed E-state index contributed by atoms with van der Waals surface area (Å²) in [5.41, 5.74) is 14.4. The van der Waals surface area contributed by atoms with Gasteiger partial charge in [0.25, 0.3) is 0 Å². The van der Waals surface area contributed by atoms with Crippen LogP contribution in [0, 0.1) is 0 Å². The normalized spacial score (nSPS) is 22.3. The first-order valence-electron chi connectivity index (χ1n) is 13.4. The van der Waals surface area contributed by atoms with Gasteiger partial charge in [-0.3, -0.25) is 0 Å². The van der Waals surface area contributed by atoms with Crippen LogP contribution in [0.25, 0.3) is 12.2 Å². The zero-order chi connectivity index (χ0) is 26.0. The summed E-state index contributed by atoms with van der Waals surface area (Å²) in [4.78, 5) is 0. The van der Waals surface area contributed by atoms with E-state index in [1.807, 2.05) is 0 Å². The molecule has 0 saturated carbocycles. The number of benzene rings is 2. The molecule has 6 aliphatic rings. The third kappa shape index (κ3) is 5.63. The van der Waals surface area contributed by atoms with Crippen LogP contribution in [0.4, 0.5) is 0 Å². The average molecular weight is 687 g/mol. The van der Waals surface area contributed by atoms with Crippen molar-refractivity contribution >= 4 is 39.1 Å². The fraction of sp³-hybridized carbons (Fsp3) is 0.167. The number of hydrogen-bond donors (Lipinski definition) is 0. The number of allylic oxidation sites excluding steroid dienone is 14. The molecular weight excluding hydrogens is 656 g/mol. The van der Waals surface area contributed by atoms with Gasteiger partial charge in [0, 0.05) is 22.5 Å². The van der Waals surface area contributed by atoms with Crippen molar-refractivity contribution in [3.63, 3.8) is 0 Å². The van der Waals surface area contributed by atoms with E-state index in [1.165, 1.54) is 93.3 Å². The van der Waals surface area contributed by atoms with Crippen molar-refractivity contribution in [3.05, 3.63) is 151 Å². The molecule has 2 atom stereocenters. The van der Waals surface area contributed by atoms with Crippen LogP contribution >= 0.6 is 16.4 Å². The molecule has 0 fully saturated rings. The molecule has 8 rings (SSSR count). The predicted octanol–water partition coefficient (Wildman–Crippen LogP) is 4.18. The standard InChI is InChI=1S/2C18H15P.2ClH.Zr/c2*1-11-9-16(17-10-12(2)19-18(11)17)15-8-7-13-5-3-4-6-14(13)15;;;/h2*3-10,15H,1-2H3;2*1H;/q;;;;+2/p-2. The SMILES string of the molecule is CC1=PC2=C(C)C=C(C3C=Cc4ccccc43)C2=C1.CC1=PC2=C(C)C=C(C3C=Cc4ccccc43)C2=C1.[Cl-].[Cl-].[Zr+2]. The van der Waals surface area contributed by atoms with Crippen LogP contribution in [0.15, 0.2) is 129 Å². The number of hydrogen-bond acceptors (Lipinski definition) is 0. The van der Waals surface area contributed by atoms with Crippen LogP contribution < -0.4 is 24.8 Å². The molecule has 2 heterocycles. The Morgan fingerprint density at radius 3 is 1.34 bits per heavy atom. The number of fused-ring (bicyclic) bond motifs is 4. The van der Waals surface area contributed by atoms with E-state index in [4.69, 9.17) is 0 Å². The van der Waals surface area contributed by atoms with E-state index in [9.17, 15) is 0 Å². The monoisotopic (exact) mass is 684 g/mol. The van der Waals surface area contributed by atoms with Crippen LogP contribution in [0.5, 0.6) is 0 Å². The van der Waals surface area contributed by atoms with Gasteiger partial charge in [0.1, 0.15) is 0 Å². The molecule has 2 aliphatic heterocycles. The summed E-state index contributed by atoms with van der Waals surface area (Å²) in [6.45, 7) is 8.94. The van der Waals surface area contributed by atoms with E-state index in [0.29, 0.717) is 11.8 Å². The summed E-state index contributed by atoms with van der Waals surface area (Å²) in [6.07, 6.45) is 18.7. The molecule has 0 spiro atoms. The van der Waals surface area contributed by atoms with Crippen LogP contribution in [-0.4, -0.2) is 10.6 Å². The van der Waals surface area contributed by atoms with E-state index in [1.54, 1.807) is 0 Å². The van der Waals surface area contributed by atoms with Crippen LogP contribution in [0.2, 0.25) is 0 Å². The van der Waals surface area contributed by atoms with Crippen LogP contribution in [-0.2, 0) is 26.2 Å². The Hall–Kier alpha value is -1.84. The topological polar surface area (TPSA) is 0 Å². The first-order valence-corrected chi connectivity index (χ1v) is 15.2. The largest absolute Gasteiger partial charge is 2.00 e. The molecule has 0 nitrogen and oxygen atoms in total. The van der Waals surface area contributed by atoms with E-state index in [0.717, 1.165) is 0 Å². The number of halogens is 2. The summed E-state index contributed by atoms with van der Waals surface area (Å²) in [6, 6.07) is 17.5. The average Bonchev–Trinajstić information content (AvgIpc) is 3.74. The van der Waals surface area contributed by atoms with Gasteiger partial charge < -0.3 is 24.8 Å². The zero-order valence-corrected chi connectivity index (χ0v) is 29.3. The predicted molar refractivity (Wildman–Crippen MR) is 169 cm³/mol. The minimum absolute atomic E-state index is 0. The van der Waals surface area contributed by atoms with Gasteiger partial charge in [-0.25, -0.2) is 0 Å². The third-order valence-electron chi connectivity index (χ3n) is 8.17. The Balaban J connectivity index is 0.000000176. The summed E-state index contributed by atoms with van der Waals surface area (Å²) in [5, 5.41) is 5.96. The minimum atomic E-state index is 0. The molecule has 0 amide bonds. The molecule has 2 unspecified atom stereocenters. The maximum absolute atomic E-state index is 2.39. The van der Waals surface area contributed by atoms with E-state index < -0.39 is 0 Å².